The number of anilines is 1. The molecule has 0 radical (unpaired) electrons. The van der Waals surface area contributed by atoms with Gasteiger partial charge < -0.3 is 10.2 Å². The summed E-state index contributed by atoms with van der Waals surface area (Å²) in [4.78, 5) is 26.8. The van der Waals surface area contributed by atoms with Gasteiger partial charge in [0.25, 0.3) is 5.91 Å². The van der Waals surface area contributed by atoms with Gasteiger partial charge in [-0.3, -0.25) is 9.59 Å². The van der Waals surface area contributed by atoms with Gasteiger partial charge in [-0.1, -0.05) is 43.0 Å². The van der Waals surface area contributed by atoms with Gasteiger partial charge in [0.15, 0.2) is 0 Å². The Bertz CT molecular complexity index is 930. The molecule has 0 unspecified atom stereocenters. The quantitative estimate of drug-likeness (QED) is 0.654. The van der Waals surface area contributed by atoms with Gasteiger partial charge in [0, 0.05) is 24.3 Å². The number of carbonyl (C=O) groups excluding carboxylic acids is 2. The molecule has 0 atom stereocenters. The Morgan fingerprint density at radius 1 is 1.03 bits per heavy atom. The van der Waals surface area contributed by atoms with E-state index in [1.807, 2.05) is 18.2 Å². The van der Waals surface area contributed by atoms with Crippen LogP contribution in [-0.2, 0) is 11.2 Å². The molecule has 1 heterocycles. The lowest BCUT2D eigenvalue weighted by molar-refractivity contribution is -0.114. The molecule has 2 aromatic carbocycles. The van der Waals surface area contributed by atoms with Crippen LogP contribution >= 0.6 is 0 Å². The van der Waals surface area contributed by atoms with Gasteiger partial charge in [0.1, 0.15) is 0 Å². The summed E-state index contributed by atoms with van der Waals surface area (Å²) in [7, 11) is 0. The molecule has 2 aromatic rings. The Hall–Kier alpha value is -2.88. The van der Waals surface area contributed by atoms with Gasteiger partial charge in [0.2, 0.25) is 5.91 Å². The third kappa shape index (κ3) is 4.90. The molecule has 1 aliphatic heterocycles. The Labute approximate surface area is 185 Å². The fraction of sp³-hybridized carbons (Fsp3) is 0.407. The zero-order valence-corrected chi connectivity index (χ0v) is 18.2. The molecule has 2 aliphatic rings. The average molecular weight is 417 g/mol. The first-order valence-corrected chi connectivity index (χ1v) is 11.6. The van der Waals surface area contributed by atoms with Crippen LogP contribution in [0.2, 0.25) is 0 Å². The summed E-state index contributed by atoms with van der Waals surface area (Å²) in [6, 6.07) is 16.5. The fourth-order valence-corrected chi connectivity index (χ4v) is 5.17. The van der Waals surface area contributed by atoms with E-state index in [0.29, 0.717) is 30.5 Å². The second-order valence-corrected chi connectivity index (χ2v) is 8.77. The smallest absolute Gasteiger partial charge is 0.251 e. The molecular formula is C27H32N2O2. The molecule has 4 rings (SSSR count). The van der Waals surface area contributed by atoms with E-state index in [-0.39, 0.29) is 11.8 Å². The number of nitrogens with zero attached hydrogens (tertiary/aromatic N) is 1. The first-order valence-electron chi connectivity index (χ1n) is 11.6. The zero-order chi connectivity index (χ0) is 21.6. The van der Waals surface area contributed by atoms with Gasteiger partial charge in [-0.2, -0.15) is 0 Å². The van der Waals surface area contributed by atoms with E-state index in [9.17, 15) is 9.59 Å². The van der Waals surface area contributed by atoms with Gasteiger partial charge in [-0.05, 0) is 86.1 Å². The number of benzene rings is 2. The number of nitrogens with one attached hydrogen (secondary N) is 1. The number of amides is 2. The van der Waals surface area contributed by atoms with Crippen molar-refractivity contribution in [3.8, 4) is 0 Å². The average Bonchev–Trinajstić information content (AvgIpc) is 2.83. The van der Waals surface area contributed by atoms with Crippen molar-refractivity contribution in [2.75, 3.05) is 18.0 Å². The molecule has 0 bridgehead atoms. The molecule has 1 fully saturated rings. The molecule has 4 heteroatoms. The first-order chi connectivity index (χ1) is 15.2. The SMILES string of the molecule is C=CC(=O)N1CCCc2c(C(=O)NCCC3CCC(c4ccccc4)CC3)cccc21. The minimum absolute atomic E-state index is 0.0253. The van der Waals surface area contributed by atoms with Crippen LogP contribution < -0.4 is 10.2 Å². The summed E-state index contributed by atoms with van der Waals surface area (Å²) in [6.45, 7) is 4.98. The maximum absolute atomic E-state index is 12.9. The maximum Gasteiger partial charge on any atom is 0.251 e. The van der Waals surface area contributed by atoms with Gasteiger partial charge in [-0.25, -0.2) is 0 Å². The van der Waals surface area contributed by atoms with E-state index in [0.717, 1.165) is 30.5 Å². The lowest BCUT2D eigenvalue weighted by Crippen LogP contribution is -2.35. The number of hydrogen-bond acceptors (Lipinski definition) is 2. The molecule has 31 heavy (non-hydrogen) atoms. The first kappa shape index (κ1) is 21.4. The van der Waals surface area contributed by atoms with E-state index in [2.05, 4.69) is 42.2 Å². The molecule has 0 spiro atoms. The van der Waals surface area contributed by atoms with Crippen molar-refractivity contribution in [3.63, 3.8) is 0 Å². The van der Waals surface area contributed by atoms with Crippen molar-refractivity contribution in [1.29, 1.82) is 0 Å². The highest BCUT2D eigenvalue weighted by Gasteiger charge is 2.25. The number of hydrogen-bond donors (Lipinski definition) is 1. The molecule has 1 N–H and O–H groups in total. The van der Waals surface area contributed by atoms with Gasteiger partial charge in [0.05, 0.1) is 0 Å². The van der Waals surface area contributed by atoms with Crippen LogP contribution in [0.1, 0.15) is 65.9 Å². The Balaban J connectivity index is 1.30. The minimum Gasteiger partial charge on any atom is -0.352 e. The standard InChI is InChI=1S/C27H32N2O2/c1-2-26(30)29-19-7-11-23-24(10-6-12-25(23)29)27(31)28-18-17-20-13-15-22(16-14-20)21-8-4-3-5-9-21/h2-6,8-10,12,20,22H,1,7,11,13-19H2,(H,28,31). The highest BCUT2D eigenvalue weighted by atomic mass is 16.2. The fourth-order valence-electron chi connectivity index (χ4n) is 5.17. The highest BCUT2D eigenvalue weighted by molar-refractivity contribution is 6.04. The van der Waals surface area contributed by atoms with Crippen molar-refractivity contribution in [3.05, 3.63) is 77.9 Å². The second-order valence-electron chi connectivity index (χ2n) is 8.77. The molecule has 2 amide bonds. The normalized spacial score (nSPS) is 20.6. The maximum atomic E-state index is 12.9. The lowest BCUT2D eigenvalue weighted by atomic mass is 9.77. The molecular weight excluding hydrogens is 384 g/mol. The van der Waals surface area contributed by atoms with Crippen molar-refractivity contribution >= 4 is 17.5 Å². The van der Waals surface area contributed by atoms with Crippen LogP contribution in [0.5, 0.6) is 0 Å². The van der Waals surface area contributed by atoms with E-state index in [1.54, 1.807) is 4.90 Å². The molecule has 4 nitrogen and oxygen atoms in total. The van der Waals surface area contributed by atoms with Crippen molar-refractivity contribution in [2.45, 2.75) is 50.9 Å². The Morgan fingerprint density at radius 2 is 1.81 bits per heavy atom. The number of carbonyl (C=O) groups is 2. The van der Waals surface area contributed by atoms with Crippen LogP contribution in [0.25, 0.3) is 0 Å². The topological polar surface area (TPSA) is 49.4 Å². The van der Waals surface area contributed by atoms with Crippen LogP contribution in [0, 0.1) is 5.92 Å². The van der Waals surface area contributed by atoms with Crippen LogP contribution in [-0.4, -0.2) is 24.9 Å². The number of rotatable bonds is 6. The van der Waals surface area contributed by atoms with Gasteiger partial charge in [-0.15, -0.1) is 0 Å². The van der Waals surface area contributed by atoms with Crippen LogP contribution in [0.4, 0.5) is 5.69 Å². The molecule has 0 aromatic heterocycles. The second kappa shape index (κ2) is 9.95. The molecule has 0 saturated heterocycles. The van der Waals surface area contributed by atoms with Crippen LogP contribution in [0.3, 0.4) is 0 Å². The van der Waals surface area contributed by atoms with Gasteiger partial charge >= 0.3 is 0 Å². The Kier molecular flexibility index (Phi) is 6.86. The van der Waals surface area contributed by atoms with E-state index in [4.69, 9.17) is 0 Å². The van der Waals surface area contributed by atoms with Crippen molar-refractivity contribution in [2.24, 2.45) is 5.92 Å². The summed E-state index contributed by atoms with van der Waals surface area (Å²) in [5.41, 5.74) is 3.99. The van der Waals surface area contributed by atoms with E-state index < -0.39 is 0 Å². The highest BCUT2D eigenvalue weighted by Crippen LogP contribution is 2.37. The lowest BCUT2D eigenvalue weighted by Gasteiger charge is -2.30. The predicted molar refractivity (Wildman–Crippen MR) is 125 cm³/mol. The monoisotopic (exact) mass is 416 g/mol. The van der Waals surface area contributed by atoms with Crippen molar-refractivity contribution < 1.29 is 9.59 Å². The molecule has 1 aliphatic carbocycles. The Morgan fingerprint density at radius 3 is 2.55 bits per heavy atom. The third-order valence-corrected chi connectivity index (χ3v) is 6.89. The summed E-state index contributed by atoms with van der Waals surface area (Å²) in [5, 5.41) is 3.13. The molecule has 162 valence electrons. The van der Waals surface area contributed by atoms with E-state index in [1.165, 1.54) is 37.3 Å². The largest absolute Gasteiger partial charge is 0.352 e. The predicted octanol–water partition coefficient (Wildman–Crippen LogP) is 5.25. The van der Waals surface area contributed by atoms with Crippen LogP contribution in [0.15, 0.2) is 61.2 Å². The molecule has 1 saturated carbocycles. The summed E-state index contributed by atoms with van der Waals surface area (Å²) >= 11 is 0. The van der Waals surface area contributed by atoms with Crippen molar-refractivity contribution in [1.82, 2.24) is 5.32 Å². The zero-order valence-electron chi connectivity index (χ0n) is 18.2. The van der Waals surface area contributed by atoms with E-state index >= 15 is 0 Å². The summed E-state index contributed by atoms with van der Waals surface area (Å²) in [5.74, 6) is 1.24. The number of fused-ring (bicyclic) bond motifs is 1. The summed E-state index contributed by atoms with van der Waals surface area (Å²) < 4.78 is 0. The minimum atomic E-state index is -0.107. The third-order valence-electron chi connectivity index (χ3n) is 6.89. The summed E-state index contributed by atoms with van der Waals surface area (Å²) in [6.07, 6.45) is 9.00.